The first-order valence-electron chi connectivity index (χ1n) is 15.7. The summed E-state index contributed by atoms with van der Waals surface area (Å²) in [6, 6.07) is 20.6. The summed E-state index contributed by atoms with van der Waals surface area (Å²) >= 11 is 0. The van der Waals surface area contributed by atoms with Gasteiger partial charge in [0.25, 0.3) is 22.3 Å². The number of anilines is 1. The fourth-order valence-corrected chi connectivity index (χ4v) is 4.65. The fraction of sp³-hybridized carbons (Fsp3) is 0.229. The Balaban J connectivity index is 0.000000761. The molecule has 1 heterocycles. The zero-order chi connectivity index (χ0) is 42.7. The van der Waals surface area contributed by atoms with Crippen molar-refractivity contribution in [1.29, 1.82) is 0 Å². The Kier molecular flexibility index (Phi) is 22.8. The minimum absolute atomic E-state index is 0. The van der Waals surface area contributed by atoms with Crippen LogP contribution in [0.3, 0.4) is 0 Å². The number of nitrogens with zero attached hydrogens (tertiary/aromatic N) is 5. The number of ketones is 1. The number of aromatic nitrogens is 1. The summed E-state index contributed by atoms with van der Waals surface area (Å²) in [6.45, 7) is 3.44. The number of methoxy groups -OCH3 is 4. The number of nitro groups is 3. The normalized spacial score (nSPS) is 9.56. The van der Waals surface area contributed by atoms with Crippen LogP contribution in [-0.4, -0.2) is 62.4 Å². The zero-order valence-corrected chi connectivity index (χ0v) is 32.5. The third kappa shape index (κ3) is 16.9. The molecule has 0 aliphatic carbocycles. The Morgan fingerprint density at radius 2 is 1.24 bits per heavy atom. The largest absolute Gasteiger partial charge is 0.693 e. The summed E-state index contributed by atoms with van der Waals surface area (Å²) in [5.41, 5.74) is 7.42. The van der Waals surface area contributed by atoms with Crippen molar-refractivity contribution in [3.05, 3.63) is 120 Å². The first-order chi connectivity index (χ1) is 27.1. The van der Waals surface area contributed by atoms with Crippen molar-refractivity contribution in [2.45, 2.75) is 27.7 Å². The monoisotopic (exact) mass is 841 g/mol. The molecule has 0 fully saturated rings. The maximum Gasteiger partial charge on any atom is 0.305 e. The smallest absolute Gasteiger partial charge is 0.305 e. The Bertz CT molecular complexity index is 2330. The first-order valence-corrected chi connectivity index (χ1v) is 16.7. The lowest BCUT2D eigenvalue weighted by molar-refractivity contribution is -0.777. The number of aryl methyl sites for hydroxylation is 1. The van der Waals surface area contributed by atoms with Gasteiger partial charge in [0.2, 0.25) is 5.69 Å². The number of nitrogen functional groups attached to an aromatic ring is 1. The second kappa shape index (κ2) is 25.9. The van der Waals surface area contributed by atoms with E-state index in [1.165, 1.54) is 69.7 Å². The highest BCUT2D eigenvalue weighted by Crippen LogP contribution is 2.31. The molecular weight excluding hydrogens is 801 g/mol. The number of rotatable bonds is 12. The number of nitrogens with one attached hydrogen (secondary N) is 1. The molecule has 0 spiro atoms. The van der Waals surface area contributed by atoms with E-state index in [2.05, 4.69) is 35.8 Å². The number of benzene rings is 4. The number of carbonyl (C=O) groups is 1. The van der Waals surface area contributed by atoms with Gasteiger partial charge in [-0.05, 0) is 78.0 Å². The van der Waals surface area contributed by atoms with E-state index in [1.807, 2.05) is 19.1 Å². The molecule has 0 saturated heterocycles. The average molecular weight is 842 g/mol. The first kappa shape index (κ1) is 51.9. The van der Waals surface area contributed by atoms with Crippen LogP contribution in [0.1, 0.15) is 25.6 Å². The van der Waals surface area contributed by atoms with Crippen LogP contribution >= 0.6 is 0 Å². The molecule has 5 rings (SSSR count). The van der Waals surface area contributed by atoms with Gasteiger partial charge < -0.3 is 44.2 Å². The number of carbonyl (C=O) groups excluding carboxylic acids is 1. The summed E-state index contributed by atoms with van der Waals surface area (Å²) < 4.78 is 36.9. The van der Waals surface area contributed by atoms with Gasteiger partial charge in [-0.3, -0.25) is 35.1 Å². The van der Waals surface area contributed by atoms with Crippen LogP contribution < -0.4 is 34.1 Å². The molecule has 0 aliphatic heterocycles. The molecule has 0 atom stereocenters. The molecule has 59 heavy (non-hydrogen) atoms. The highest BCUT2D eigenvalue weighted by molar-refractivity contribution is 7.68. The van der Waals surface area contributed by atoms with Crippen molar-refractivity contribution in [2.24, 2.45) is 5.11 Å². The number of H-pyrrole nitrogens is 1. The third-order valence-electron chi connectivity index (χ3n) is 7.01. The second-order valence-corrected chi connectivity index (χ2v) is 11.6. The van der Waals surface area contributed by atoms with Crippen LogP contribution in [0.5, 0.6) is 23.0 Å². The number of hydrogen-bond acceptors (Lipinski definition) is 18. The molecule has 3 N–H and O–H groups in total. The SMILES string of the molecule is C.COc1ccc(CC(C)=O)c([N+](=O)[O-])c1.COc1ccc(N)c([N+](=O)[O-])c1.COc1ccc(N=[N+]=[S-](=O)OO[O-])c([N+](=O)[O-])c1.COc1ccc2cc(C)[nH]c2c1.[B]. The van der Waals surface area contributed by atoms with E-state index >= 15 is 0 Å². The summed E-state index contributed by atoms with van der Waals surface area (Å²) in [5.74, 6) is 1.87. The van der Waals surface area contributed by atoms with Crippen LogP contribution in [0.25, 0.3) is 10.9 Å². The molecule has 22 nitrogen and oxygen atoms in total. The van der Waals surface area contributed by atoms with Crippen molar-refractivity contribution >= 4 is 64.4 Å². The number of fused-ring (bicyclic) bond motifs is 1. The highest BCUT2D eigenvalue weighted by atomic mass is 32.2. The number of nitrogens with two attached hydrogens (primary N) is 1. The molecule has 4 aromatic carbocycles. The average Bonchev–Trinajstić information content (AvgIpc) is 3.57. The lowest BCUT2D eigenvalue weighted by atomic mass is 10.1. The lowest BCUT2D eigenvalue weighted by Gasteiger charge is -2.03. The van der Waals surface area contributed by atoms with Gasteiger partial charge in [-0.25, -0.2) is 4.33 Å². The number of hydrogen-bond donors (Lipinski definition) is 2. The molecule has 0 amide bonds. The summed E-state index contributed by atoms with van der Waals surface area (Å²) in [6.07, 6.45) is 0.0697. The molecule has 5 aromatic rings. The maximum atomic E-state index is 10.9. The van der Waals surface area contributed by atoms with Gasteiger partial charge >= 0.3 is 5.69 Å². The molecule has 0 unspecified atom stereocenters. The van der Waals surface area contributed by atoms with E-state index in [1.54, 1.807) is 25.3 Å². The minimum Gasteiger partial charge on any atom is -0.693 e. The van der Waals surface area contributed by atoms with E-state index in [0.29, 0.717) is 17.1 Å². The van der Waals surface area contributed by atoms with Crippen LogP contribution in [0.15, 0.2) is 84.0 Å². The molecular formula is C35H40BN7O15S-. The van der Waals surface area contributed by atoms with E-state index in [4.69, 9.17) is 24.7 Å². The number of Topliss-reactive ketones (excluding diaryl/α,β-unsaturated/α-hetero) is 1. The Hall–Kier alpha value is -7.11. The number of aromatic amines is 1. The summed E-state index contributed by atoms with van der Waals surface area (Å²) in [7, 11) is 3.41. The molecule has 1 aromatic heterocycles. The van der Waals surface area contributed by atoms with Crippen molar-refractivity contribution in [1.82, 2.24) is 9.14 Å². The Morgan fingerprint density at radius 1 is 0.763 bits per heavy atom. The predicted octanol–water partition coefficient (Wildman–Crippen LogP) is 5.70. The van der Waals surface area contributed by atoms with Crippen molar-refractivity contribution in [3.8, 4) is 23.0 Å². The molecule has 3 radical (unpaired) electrons. The topological polar surface area (TPSA) is 310 Å². The predicted molar refractivity (Wildman–Crippen MR) is 214 cm³/mol. The Labute approximate surface area is 340 Å². The van der Waals surface area contributed by atoms with Crippen molar-refractivity contribution in [2.75, 3.05) is 34.2 Å². The van der Waals surface area contributed by atoms with Gasteiger partial charge in [0.05, 0.1) is 61.4 Å². The standard InChI is InChI=1S/C10H11NO4.C10H11NO.C7H7N3O7S.C7H8N2O3.CH4.B/c1-7(12)5-8-3-4-9(15-2)6-10(8)11(13)14;1-7-5-8-3-4-9(12-2)6-10(8)11-7;1-15-5-2-3-6(7(4-5)10(11)12)8-9-18(14)17-16-13;1-12-5-2-3-6(8)7(4-5)9(10)11;;/h3-4,6H,5H2,1-2H3;3-6,11H,1-2H3;2-4,13H,1H3;2-4H,8H2,1H3;1H4;/p-1. The lowest BCUT2D eigenvalue weighted by Crippen LogP contribution is -2.04. The zero-order valence-electron chi connectivity index (χ0n) is 31.6. The van der Waals surface area contributed by atoms with Crippen LogP contribution in [0.4, 0.5) is 28.4 Å². The van der Waals surface area contributed by atoms with Gasteiger partial charge in [0.1, 0.15) is 39.6 Å². The molecule has 315 valence electrons. The van der Waals surface area contributed by atoms with Crippen LogP contribution in [0.2, 0.25) is 0 Å². The highest BCUT2D eigenvalue weighted by Gasteiger charge is 2.18. The van der Waals surface area contributed by atoms with Gasteiger partial charge in [-0.1, -0.05) is 7.43 Å². The van der Waals surface area contributed by atoms with Gasteiger partial charge in [0.15, 0.2) is 0 Å². The third-order valence-corrected chi connectivity index (χ3v) is 7.39. The molecule has 24 heteroatoms. The number of ether oxygens (including phenoxy) is 4. The van der Waals surface area contributed by atoms with E-state index in [-0.39, 0.29) is 56.5 Å². The maximum absolute atomic E-state index is 10.9. The Morgan fingerprint density at radius 3 is 1.75 bits per heavy atom. The minimum atomic E-state index is -2.48. The molecule has 0 saturated carbocycles. The van der Waals surface area contributed by atoms with Crippen molar-refractivity contribution < 1.29 is 57.4 Å². The van der Waals surface area contributed by atoms with Crippen LogP contribution in [0, 0.1) is 37.3 Å². The van der Waals surface area contributed by atoms with Gasteiger partial charge in [-0.15, -0.1) is 0 Å². The molecule has 0 bridgehead atoms. The quantitative estimate of drug-likeness (QED) is 0.0222. The second-order valence-electron chi connectivity index (χ2n) is 10.9. The fourth-order valence-electron chi connectivity index (χ4n) is 4.42. The van der Waals surface area contributed by atoms with Gasteiger partial charge in [-0.2, -0.15) is 0 Å². The van der Waals surface area contributed by atoms with Crippen molar-refractivity contribution in [3.63, 3.8) is 0 Å². The van der Waals surface area contributed by atoms with E-state index in [0.717, 1.165) is 17.3 Å². The summed E-state index contributed by atoms with van der Waals surface area (Å²) in [5, 5.41) is 48.6. The van der Waals surface area contributed by atoms with E-state index < -0.39 is 31.3 Å². The van der Waals surface area contributed by atoms with E-state index in [9.17, 15) is 44.6 Å². The molecule has 0 aliphatic rings. The van der Waals surface area contributed by atoms with Gasteiger partial charge in [0, 0.05) is 37.7 Å². The number of nitro benzene ring substituents is 3. The summed E-state index contributed by atoms with van der Waals surface area (Å²) in [4.78, 5) is 44.2. The van der Waals surface area contributed by atoms with Crippen LogP contribution in [-0.2, 0) is 35.7 Å².